The van der Waals surface area contributed by atoms with Crippen LogP contribution in [-0.2, 0) is 6.54 Å². The Labute approximate surface area is 114 Å². The second-order valence-electron chi connectivity index (χ2n) is 4.32. The van der Waals surface area contributed by atoms with Crippen molar-refractivity contribution in [2.24, 2.45) is 0 Å². The van der Waals surface area contributed by atoms with E-state index in [1.165, 1.54) is 35.9 Å². The molecule has 18 heavy (non-hydrogen) atoms. The molecule has 1 aromatic carbocycles. The van der Waals surface area contributed by atoms with Crippen LogP contribution in [0.2, 0.25) is 0 Å². The third kappa shape index (κ3) is 3.10. The number of aromatic nitrogens is 1. The Morgan fingerprint density at radius 1 is 1.44 bits per heavy atom. The fraction of sp³-hybridized carbons (Fsp3) is 0.308. The van der Waals surface area contributed by atoms with E-state index in [1.54, 1.807) is 12.3 Å². The summed E-state index contributed by atoms with van der Waals surface area (Å²) in [5.74, 6) is -0.162. The lowest BCUT2D eigenvalue weighted by Gasteiger charge is -2.05. The highest BCUT2D eigenvalue weighted by atomic mass is 32.2. The summed E-state index contributed by atoms with van der Waals surface area (Å²) < 4.78 is 14.8. The van der Waals surface area contributed by atoms with Crippen molar-refractivity contribution in [3.8, 4) is 0 Å². The molecule has 1 saturated carbocycles. The number of halogens is 1. The van der Waals surface area contributed by atoms with Crippen molar-refractivity contribution in [2.45, 2.75) is 34.7 Å². The van der Waals surface area contributed by atoms with E-state index in [4.69, 9.17) is 0 Å². The second-order valence-corrected chi connectivity index (χ2v) is 6.50. The fourth-order valence-corrected chi connectivity index (χ4v) is 3.22. The van der Waals surface area contributed by atoms with E-state index in [0.29, 0.717) is 10.9 Å². The van der Waals surface area contributed by atoms with E-state index in [9.17, 15) is 4.39 Å². The van der Waals surface area contributed by atoms with Crippen molar-refractivity contribution in [1.29, 1.82) is 0 Å². The van der Waals surface area contributed by atoms with E-state index in [2.05, 4.69) is 10.3 Å². The first kappa shape index (κ1) is 12.1. The van der Waals surface area contributed by atoms with Gasteiger partial charge in [0.05, 0.1) is 4.90 Å². The minimum absolute atomic E-state index is 0.162. The van der Waals surface area contributed by atoms with E-state index in [1.807, 2.05) is 17.5 Å². The Bertz CT molecular complexity index is 524. The van der Waals surface area contributed by atoms with Gasteiger partial charge in [0.25, 0.3) is 0 Å². The van der Waals surface area contributed by atoms with Crippen molar-refractivity contribution in [3.05, 3.63) is 41.2 Å². The summed E-state index contributed by atoms with van der Waals surface area (Å²) in [6.07, 6.45) is 4.24. The Morgan fingerprint density at radius 3 is 3.00 bits per heavy atom. The van der Waals surface area contributed by atoms with Crippen LogP contribution in [0, 0.1) is 5.82 Å². The molecule has 0 aliphatic heterocycles. The molecular formula is C13H13FN2S2. The normalized spacial score (nSPS) is 14.9. The summed E-state index contributed by atoms with van der Waals surface area (Å²) in [7, 11) is 0. The van der Waals surface area contributed by atoms with Gasteiger partial charge in [-0.25, -0.2) is 9.37 Å². The molecule has 0 saturated heterocycles. The molecule has 0 atom stereocenters. The van der Waals surface area contributed by atoms with Gasteiger partial charge in [-0.2, -0.15) is 0 Å². The summed E-state index contributed by atoms with van der Waals surface area (Å²) in [4.78, 5) is 4.78. The molecule has 2 aromatic rings. The zero-order valence-corrected chi connectivity index (χ0v) is 11.4. The molecule has 5 heteroatoms. The smallest absolute Gasteiger partial charge is 0.154 e. The van der Waals surface area contributed by atoms with Crippen LogP contribution in [0.3, 0.4) is 0 Å². The maximum absolute atomic E-state index is 13.9. The number of nitrogens with zero attached hydrogens (tertiary/aromatic N) is 1. The predicted octanol–water partition coefficient (Wildman–Crippen LogP) is 3.69. The summed E-state index contributed by atoms with van der Waals surface area (Å²) in [6.45, 7) is 0.754. The molecule has 1 heterocycles. The predicted molar refractivity (Wildman–Crippen MR) is 72.5 cm³/mol. The SMILES string of the molecule is Fc1cc(CNC2CC2)ccc1Sc1nccs1. The number of benzene rings is 1. The highest BCUT2D eigenvalue weighted by Crippen LogP contribution is 2.31. The van der Waals surface area contributed by atoms with Gasteiger partial charge in [-0.3, -0.25) is 0 Å². The molecule has 94 valence electrons. The molecule has 1 aromatic heterocycles. The summed E-state index contributed by atoms with van der Waals surface area (Å²) in [6, 6.07) is 6.09. The van der Waals surface area contributed by atoms with Gasteiger partial charge in [-0.1, -0.05) is 17.8 Å². The van der Waals surface area contributed by atoms with Crippen LogP contribution >= 0.6 is 23.1 Å². The molecule has 2 nitrogen and oxygen atoms in total. The van der Waals surface area contributed by atoms with Crippen LogP contribution in [0.5, 0.6) is 0 Å². The first-order chi connectivity index (χ1) is 8.81. The monoisotopic (exact) mass is 280 g/mol. The van der Waals surface area contributed by atoms with Gasteiger partial charge in [0, 0.05) is 24.2 Å². The number of thiazole rings is 1. The Hall–Kier alpha value is -0.910. The second kappa shape index (κ2) is 5.38. The summed E-state index contributed by atoms with van der Waals surface area (Å²) in [5, 5.41) is 5.28. The minimum Gasteiger partial charge on any atom is -0.310 e. The lowest BCUT2D eigenvalue weighted by molar-refractivity contribution is 0.595. The molecule has 0 unspecified atom stereocenters. The Balaban J connectivity index is 1.67. The van der Waals surface area contributed by atoms with Crippen LogP contribution in [0.25, 0.3) is 0 Å². The largest absolute Gasteiger partial charge is 0.310 e. The summed E-state index contributed by atoms with van der Waals surface area (Å²) >= 11 is 2.90. The van der Waals surface area contributed by atoms with E-state index < -0.39 is 0 Å². The highest BCUT2D eigenvalue weighted by molar-refractivity contribution is 8.01. The number of hydrogen-bond acceptors (Lipinski definition) is 4. The highest BCUT2D eigenvalue weighted by Gasteiger charge is 2.20. The molecule has 0 amide bonds. The molecule has 0 radical (unpaired) electrons. The van der Waals surface area contributed by atoms with Gasteiger partial charge in [0.15, 0.2) is 4.34 Å². The lowest BCUT2D eigenvalue weighted by atomic mass is 10.2. The molecule has 1 N–H and O–H groups in total. The zero-order valence-electron chi connectivity index (χ0n) is 9.73. The standard InChI is InChI=1S/C13H13FN2S2/c14-11-7-9(8-16-10-2-3-10)1-4-12(11)18-13-15-5-6-17-13/h1,4-7,10,16H,2-3,8H2. The molecule has 0 spiro atoms. The first-order valence-corrected chi connectivity index (χ1v) is 7.60. The maximum Gasteiger partial charge on any atom is 0.154 e. The maximum atomic E-state index is 13.9. The number of hydrogen-bond donors (Lipinski definition) is 1. The average molecular weight is 280 g/mol. The Morgan fingerprint density at radius 2 is 2.33 bits per heavy atom. The number of rotatable bonds is 5. The van der Waals surface area contributed by atoms with Gasteiger partial charge in [-0.15, -0.1) is 11.3 Å². The lowest BCUT2D eigenvalue weighted by Crippen LogP contribution is -2.15. The molecule has 1 fully saturated rings. The van der Waals surface area contributed by atoms with Gasteiger partial charge < -0.3 is 5.32 Å². The topological polar surface area (TPSA) is 24.9 Å². The van der Waals surface area contributed by atoms with E-state index >= 15 is 0 Å². The first-order valence-electron chi connectivity index (χ1n) is 5.90. The number of nitrogens with one attached hydrogen (secondary N) is 1. The van der Waals surface area contributed by atoms with Gasteiger partial charge in [-0.05, 0) is 30.5 Å². The third-order valence-electron chi connectivity index (χ3n) is 2.78. The molecular weight excluding hydrogens is 267 g/mol. The van der Waals surface area contributed by atoms with Crippen LogP contribution in [0.1, 0.15) is 18.4 Å². The van der Waals surface area contributed by atoms with Crippen molar-refractivity contribution in [2.75, 3.05) is 0 Å². The fourth-order valence-electron chi connectivity index (χ4n) is 1.64. The van der Waals surface area contributed by atoms with Crippen LogP contribution in [-0.4, -0.2) is 11.0 Å². The van der Waals surface area contributed by atoms with Crippen LogP contribution in [0.15, 0.2) is 39.0 Å². The zero-order chi connectivity index (χ0) is 12.4. The molecule has 3 rings (SSSR count). The molecule has 1 aliphatic rings. The quantitative estimate of drug-likeness (QED) is 0.904. The third-order valence-corrected chi connectivity index (χ3v) is 4.71. The average Bonchev–Trinajstić information content (AvgIpc) is 3.06. The minimum atomic E-state index is -0.162. The summed E-state index contributed by atoms with van der Waals surface area (Å²) in [5.41, 5.74) is 1.00. The van der Waals surface area contributed by atoms with Crippen molar-refractivity contribution < 1.29 is 4.39 Å². The van der Waals surface area contributed by atoms with Gasteiger partial charge >= 0.3 is 0 Å². The molecule has 0 bridgehead atoms. The van der Waals surface area contributed by atoms with Crippen molar-refractivity contribution >= 4 is 23.1 Å². The molecule has 1 aliphatic carbocycles. The van der Waals surface area contributed by atoms with Crippen molar-refractivity contribution in [1.82, 2.24) is 10.3 Å². The van der Waals surface area contributed by atoms with Gasteiger partial charge in [0.1, 0.15) is 5.82 Å². The van der Waals surface area contributed by atoms with E-state index in [0.717, 1.165) is 16.4 Å². The Kier molecular flexibility index (Phi) is 3.63. The van der Waals surface area contributed by atoms with Crippen molar-refractivity contribution in [3.63, 3.8) is 0 Å². The van der Waals surface area contributed by atoms with Crippen LogP contribution < -0.4 is 5.32 Å². The van der Waals surface area contributed by atoms with E-state index in [-0.39, 0.29) is 5.82 Å². The van der Waals surface area contributed by atoms with Crippen LogP contribution in [0.4, 0.5) is 4.39 Å². The van der Waals surface area contributed by atoms with Gasteiger partial charge in [0.2, 0.25) is 0 Å².